The lowest BCUT2D eigenvalue weighted by Crippen LogP contribution is -2.12. The summed E-state index contributed by atoms with van der Waals surface area (Å²) in [6.45, 7) is 0. The Morgan fingerprint density at radius 3 is 2.57 bits per heavy atom. The first-order chi connectivity index (χ1) is 11.2. The van der Waals surface area contributed by atoms with Crippen LogP contribution in [0, 0.1) is 0 Å². The summed E-state index contributed by atoms with van der Waals surface area (Å²) in [7, 11) is 3.12. The first-order valence-electron chi connectivity index (χ1n) is 7.09. The molecule has 3 rings (SSSR count). The van der Waals surface area contributed by atoms with Crippen molar-refractivity contribution in [3.63, 3.8) is 0 Å². The maximum atomic E-state index is 12.4. The molecule has 2 aromatic carbocycles. The van der Waals surface area contributed by atoms with Gasteiger partial charge in [-0.3, -0.25) is 9.78 Å². The first-order valence-corrected chi connectivity index (χ1v) is 7.09. The van der Waals surface area contributed by atoms with Crippen LogP contribution in [0.2, 0.25) is 0 Å². The molecular formula is C18H16N2O3. The molecule has 0 spiro atoms. The van der Waals surface area contributed by atoms with E-state index in [1.54, 1.807) is 38.6 Å². The number of para-hydroxylation sites is 1. The van der Waals surface area contributed by atoms with Crippen molar-refractivity contribution in [3.05, 3.63) is 60.3 Å². The van der Waals surface area contributed by atoms with Crippen LogP contribution in [0.1, 0.15) is 10.4 Å². The molecule has 0 saturated heterocycles. The average Bonchev–Trinajstić information content (AvgIpc) is 2.61. The second-order valence-corrected chi connectivity index (χ2v) is 4.94. The van der Waals surface area contributed by atoms with E-state index in [0.717, 1.165) is 10.9 Å². The van der Waals surface area contributed by atoms with Crippen molar-refractivity contribution in [2.75, 3.05) is 19.5 Å². The second-order valence-electron chi connectivity index (χ2n) is 4.94. The van der Waals surface area contributed by atoms with Crippen molar-refractivity contribution in [1.29, 1.82) is 0 Å². The number of methoxy groups -OCH3 is 2. The third kappa shape index (κ3) is 3.08. The van der Waals surface area contributed by atoms with E-state index in [1.165, 1.54) is 0 Å². The van der Waals surface area contributed by atoms with Gasteiger partial charge in [0.15, 0.2) is 11.5 Å². The molecule has 116 valence electrons. The minimum atomic E-state index is -0.226. The van der Waals surface area contributed by atoms with Gasteiger partial charge in [-0.15, -0.1) is 0 Å². The lowest BCUT2D eigenvalue weighted by Gasteiger charge is -2.10. The normalized spacial score (nSPS) is 10.3. The fraction of sp³-hybridized carbons (Fsp3) is 0.111. The monoisotopic (exact) mass is 308 g/mol. The zero-order chi connectivity index (χ0) is 16.2. The fourth-order valence-corrected chi connectivity index (χ4v) is 2.31. The van der Waals surface area contributed by atoms with Crippen LogP contribution in [0.15, 0.2) is 54.7 Å². The number of nitrogens with one attached hydrogen (secondary N) is 1. The Labute approximate surface area is 133 Å². The van der Waals surface area contributed by atoms with Crippen LogP contribution >= 0.6 is 0 Å². The minimum Gasteiger partial charge on any atom is -0.493 e. The lowest BCUT2D eigenvalue weighted by atomic mass is 10.1. The highest BCUT2D eigenvalue weighted by Crippen LogP contribution is 2.30. The molecule has 0 fully saturated rings. The van der Waals surface area contributed by atoms with Gasteiger partial charge < -0.3 is 14.8 Å². The molecule has 0 unspecified atom stereocenters. The molecule has 0 atom stereocenters. The Morgan fingerprint density at radius 1 is 1.00 bits per heavy atom. The van der Waals surface area contributed by atoms with Crippen LogP contribution in [0.5, 0.6) is 11.5 Å². The molecule has 0 radical (unpaired) electrons. The number of anilines is 1. The van der Waals surface area contributed by atoms with Gasteiger partial charge in [0.2, 0.25) is 0 Å². The minimum absolute atomic E-state index is 0.226. The van der Waals surface area contributed by atoms with Gasteiger partial charge in [-0.25, -0.2) is 0 Å². The van der Waals surface area contributed by atoms with Gasteiger partial charge in [0.1, 0.15) is 0 Å². The molecule has 0 saturated carbocycles. The third-order valence-electron chi connectivity index (χ3n) is 3.49. The van der Waals surface area contributed by atoms with E-state index >= 15 is 0 Å². The molecule has 0 aliphatic rings. The topological polar surface area (TPSA) is 60.5 Å². The van der Waals surface area contributed by atoms with Crippen LogP contribution in [-0.2, 0) is 0 Å². The number of nitrogens with zero attached hydrogens (tertiary/aromatic N) is 1. The Kier molecular flexibility index (Phi) is 4.10. The van der Waals surface area contributed by atoms with Gasteiger partial charge in [0.25, 0.3) is 5.91 Å². The summed E-state index contributed by atoms with van der Waals surface area (Å²) < 4.78 is 10.4. The highest BCUT2D eigenvalue weighted by molar-refractivity contribution is 6.05. The Bertz CT molecular complexity index is 862. The number of fused-ring (bicyclic) bond motifs is 1. The summed E-state index contributed by atoms with van der Waals surface area (Å²) in [5.41, 5.74) is 1.98. The molecule has 1 amide bonds. The summed E-state index contributed by atoms with van der Waals surface area (Å²) in [5.74, 6) is 0.940. The van der Waals surface area contributed by atoms with Crippen molar-refractivity contribution >= 4 is 22.5 Å². The Hall–Kier alpha value is -3.08. The van der Waals surface area contributed by atoms with E-state index in [0.29, 0.717) is 22.7 Å². The quantitative estimate of drug-likeness (QED) is 0.801. The fourth-order valence-electron chi connectivity index (χ4n) is 2.31. The number of pyridine rings is 1. The Morgan fingerprint density at radius 2 is 1.78 bits per heavy atom. The van der Waals surface area contributed by atoms with Crippen LogP contribution in [-0.4, -0.2) is 25.1 Å². The molecule has 1 aromatic heterocycles. The average molecular weight is 308 g/mol. The summed E-state index contributed by atoms with van der Waals surface area (Å²) in [6, 6.07) is 14.7. The zero-order valence-electron chi connectivity index (χ0n) is 12.9. The van der Waals surface area contributed by atoms with Crippen molar-refractivity contribution in [2.24, 2.45) is 0 Å². The van der Waals surface area contributed by atoms with Gasteiger partial charge in [-0.2, -0.15) is 0 Å². The van der Waals surface area contributed by atoms with E-state index in [4.69, 9.17) is 9.47 Å². The number of hydrogen-bond donors (Lipinski definition) is 1. The number of carbonyl (C=O) groups is 1. The molecule has 5 nitrogen and oxygen atoms in total. The number of hydrogen-bond acceptors (Lipinski definition) is 4. The number of ether oxygens (including phenoxy) is 2. The van der Waals surface area contributed by atoms with Crippen molar-refractivity contribution in [1.82, 2.24) is 4.98 Å². The molecule has 3 aromatic rings. The smallest absolute Gasteiger partial charge is 0.257 e. The van der Waals surface area contributed by atoms with Gasteiger partial charge in [0.05, 0.1) is 25.3 Å². The molecule has 5 heteroatoms. The van der Waals surface area contributed by atoms with E-state index < -0.39 is 0 Å². The van der Waals surface area contributed by atoms with E-state index in [1.807, 2.05) is 30.3 Å². The van der Waals surface area contributed by atoms with Crippen molar-refractivity contribution in [3.8, 4) is 11.5 Å². The Balaban J connectivity index is 1.85. The predicted molar refractivity (Wildman–Crippen MR) is 89.2 cm³/mol. The number of aromatic nitrogens is 1. The molecule has 0 bridgehead atoms. The molecule has 1 N–H and O–H groups in total. The van der Waals surface area contributed by atoms with Gasteiger partial charge >= 0.3 is 0 Å². The molecule has 0 aliphatic heterocycles. The van der Waals surface area contributed by atoms with E-state index in [2.05, 4.69) is 10.3 Å². The number of rotatable bonds is 4. The second kappa shape index (κ2) is 6.36. The molecule has 0 aliphatic carbocycles. The largest absolute Gasteiger partial charge is 0.493 e. The number of amides is 1. The lowest BCUT2D eigenvalue weighted by molar-refractivity contribution is 0.102. The van der Waals surface area contributed by atoms with Gasteiger partial charge in [-0.1, -0.05) is 18.2 Å². The summed E-state index contributed by atoms with van der Waals surface area (Å²) in [5, 5.41) is 3.76. The first kappa shape index (κ1) is 14.8. The maximum absolute atomic E-state index is 12.4. The number of carbonyl (C=O) groups excluding carboxylic acids is 1. The summed E-state index contributed by atoms with van der Waals surface area (Å²) in [4.78, 5) is 16.7. The summed E-state index contributed by atoms with van der Waals surface area (Å²) in [6.07, 6.45) is 1.57. The predicted octanol–water partition coefficient (Wildman–Crippen LogP) is 3.50. The maximum Gasteiger partial charge on any atom is 0.257 e. The highest BCUT2D eigenvalue weighted by Gasteiger charge is 2.10. The van der Waals surface area contributed by atoms with Crippen molar-refractivity contribution in [2.45, 2.75) is 0 Å². The summed E-state index contributed by atoms with van der Waals surface area (Å²) >= 11 is 0. The van der Waals surface area contributed by atoms with Crippen LogP contribution in [0.4, 0.5) is 5.69 Å². The SMILES string of the molecule is COc1ccc(NC(=O)c2cnc3ccccc3c2)cc1OC. The van der Waals surface area contributed by atoms with Crippen molar-refractivity contribution < 1.29 is 14.3 Å². The third-order valence-corrected chi connectivity index (χ3v) is 3.49. The van der Waals surface area contributed by atoms with Crippen LogP contribution in [0.3, 0.4) is 0 Å². The highest BCUT2D eigenvalue weighted by atomic mass is 16.5. The van der Waals surface area contributed by atoms with Gasteiger partial charge in [-0.05, 0) is 24.3 Å². The molecule has 1 heterocycles. The number of benzene rings is 2. The molecular weight excluding hydrogens is 292 g/mol. The zero-order valence-corrected chi connectivity index (χ0v) is 12.9. The van der Waals surface area contributed by atoms with E-state index in [-0.39, 0.29) is 5.91 Å². The van der Waals surface area contributed by atoms with Gasteiger partial charge in [0, 0.05) is 23.3 Å². The van der Waals surface area contributed by atoms with E-state index in [9.17, 15) is 4.79 Å². The standard InChI is InChI=1S/C18H16N2O3/c1-22-16-8-7-14(10-17(16)23-2)20-18(21)13-9-12-5-3-4-6-15(12)19-11-13/h3-11H,1-2H3,(H,20,21). The van der Waals surface area contributed by atoms with Crippen LogP contribution < -0.4 is 14.8 Å². The van der Waals surface area contributed by atoms with Crippen LogP contribution in [0.25, 0.3) is 10.9 Å². The molecule has 23 heavy (non-hydrogen) atoms.